The highest BCUT2D eigenvalue weighted by Gasteiger charge is 2.17. The van der Waals surface area contributed by atoms with E-state index in [1.54, 1.807) is 6.92 Å². The lowest BCUT2D eigenvalue weighted by atomic mass is 10.2. The number of nitrogens with one attached hydrogen (secondary N) is 1. The number of thiophene rings is 1. The van der Waals surface area contributed by atoms with Crippen molar-refractivity contribution in [2.75, 3.05) is 0 Å². The predicted molar refractivity (Wildman–Crippen MR) is 120 cm³/mol. The van der Waals surface area contributed by atoms with Crippen LogP contribution in [0.2, 0.25) is 0 Å². The molecule has 6 nitrogen and oxygen atoms in total. The first-order valence-corrected chi connectivity index (χ1v) is 10.3. The molecule has 7 heteroatoms. The summed E-state index contributed by atoms with van der Waals surface area (Å²) in [5.41, 5.74) is 5.88. The molecule has 0 bridgehead atoms. The zero-order chi connectivity index (χ0) is 20.7. The lowest BCUT2D eigenvalue weighted by Gasteiger charge is -2.01. The Morgan fingerprint density at radius 3 is 2.67 bits per heavy atom. The molecular formula is C23H18N4O2S. The van der Waals surface area contributed by atoms with Crippen molar-refractivity contribution < 1.29 is 9.21 Å². The summed E-state index contributed by atoms with van der Waals surface area (Å²) in [4.78, 5) is 14.2. The third-order valence-electron chi connectivity index (χ3n) is 4.88. The Morgan fingerprint density at radius 1 is 1.10 bits per heavy atom. The molecule has 30 heavy (non-hydrogen) atoms. The van der Waals surface area contributed by atoms with E-state index in [0.717, 1.165) is 32.6 Å². The van der Waals surface area contributed by atoms with Gasteiger partial charge in [0, 0.05) is 10.8 Å². The van der Waals surface area contributed by atoms with E-state index in [9.17, 15) is 4.79 Å². The van der Waals surface area contributed by atoms with Crippen molar-refractivity contribution in [2.45, 2.75) is 13.8 Å². The second-order valence-corrected chi connectivity index (χ2v) is 7.98. The van der Waals surface area contributed by atoms with Crippen LogP contribution in [0.4, 0.5) is 0 Å². The number of hydrogen-bond acceptors (Lipinski definition) is 5. The Kier molecular flexibility index (Phi) is 4.44. The van der Waals surface area contributed by atoms with Gasteiger partial charge in [-0.3, -0.25) is 4.79 Å². The van der Waals surface area contributed by atoms with Crippen LogP contribution in [0.1, 0.15) is 28.0 Å². The maximum absolute atomic E-state index is 12.7. The minimum absolute atomic E-state index is 0.259. The average Bonchev–Trinajstić information content (AvgIpc) is 3.47. The number of rotatable bonds is 4. The van der Waals surface area contributed by atoms with Crippen LogP contribution in [0.25, 0.3) is 26.9 Å². The number of amides is 1. The lowest BCUT2D eigenvalue weighted by molar-refractivity contribution is 0.0959. The summed E-state index contributed by atoms with van der Waals surface area (Å²) in [6.07, 6.45) is 0. The van der Waals surface area contributed by atoms with Gasteiger partial charge >= 0.3 is 0 Å². The van der Waals surface area contributed by atoms with Crippen molar-refractivity contribution in [3.63, 3.8) is 0 Å². The molecule has 0 spiro atoms. The molecule has 3 aromatic heterocycles. The van der Waals surface area contributed by atoms with Gasteiger partial charge in [-0.05, 0) is 44.2 Å². The van der Waals surface area contributed by atoms with Crippen LogP contribution in [0.15, 0.2) is 76.2 Å². The molecule has 148 valence electrons. The quantitative estimate of drug-likeness (QED) is 0.321. The first-order valence-electron chi connectivity index (χ1n) is 9.48. The number of hydrogen-bond donors (Lipinski definition) is 1. The molecule has 0 fully saturated rings. The molecule has 5 rings (SSSR count). The van der Waals surface area contributed by atoms with Gasteiger partial charge < -0.3 is 4.42 Å². The zero-order valence-electron chi connectivity index (χ0n) is 16.4. The van der Waals surface area contributed by atoms with E-state index in [-0.39, 0.29) is 5.91 Å². The minimum Gasteiger partial charge on any atom is -0.455 e. The van der Waals surface area contributed by atoms with E-state index in [1.807, 2.05) is 78.3 Å². The standard InChI is InChI=1S/C23H18N4O2S/c1-14-18-13-21(30-23(18)27(26-14)17-9-4-3-5-10-17)22(28)25-24-15(2)20-12-16-8-6-7-11-19(16)29-20/h3-13H,1-2H3,(H,25,28)/b24-15-. The summed E-state index contributed by atoms with van der Waals surface area (Å²) in [6, 6.07) is 21.4. The van der Waals surface area contributed by atoms with Gasteiger partial charge in [-0.25, -0.2) is 10.1 Å². The van der Waals surface area contributed by atoms with E-state index in [1.165, 1.54) is 11.3 Å². The molecule has 1 amide bonds. The van der Waals surface area contributed by atoms with Crippen molar-refractivity contribution >= 4 is 44.1 Å². The molecule has 3 heterocycles. The van der Waals surface area contributed by atoms with Gasteiger partial charge in [0.05, 0.1) is 16.3 Å². The molecule has 0 radical (unpaired) electrons. The van der Waals surface area contributed by atoms with Crippen LogP contribution >= 0.6 is 11.3 Å². The minimum atomic E-state index is -0.259. The third-order valence-corrected chi connectivity index (χ3v) is 5.99. The van der Waals surface area contributed by atoms with Crippen LogP contribution in [0, 0.1) is 6.92 Å². The number of carbonyl (C=O) groups excluding carboxylic acids is 1. The largest absolute Gasteiger partial charge is 0.455 e. The molecule has 0 unspecified atom stereocenters. The van der Waals surface area contributed by atoms with Crippen LogP contribution in [-0.2, 0) is 0 Å². The predicted octanol–water partition coefficient (Wildman–Crippen LogP) is 5.30. The van der Waals surface area contributed by atoms with Gasteiger partial charge in [-0.15, -0.1) is 11.3 Å². The smallest absolute Gasteiger partial charge is 0.281 e. The molecule has 0 aliphatic rings. The zero-order valence-corrected chi connectivity index (χ0v) is 17.2. The van der Waals surface area contributed by atoms with Crippen LogP contribution in [0.3, 0.4) is 0 Å². The Balaban J connectivity index is 1.41. The van der Waals surface area contributed by atoms with E-state index < -0.39 is 0 Å². The maximum atomic E-state index is 12.7. The maximum Gasteiger partial charge on any atom is 0.281 e. The monoisotopic (exact) mass is 414 g/mol. The fraction of sp³-hybridized carbons (Fsp3) is 0.0870. The van der Waals surface area contributed by atoms with E-state index in [0.29, 0.717) is 16.3 Å². The summed E-state index contributed by atoms with van der Waals surface area (Å²) in [7, 11) is 0. The number of carbonyl (C=O) groups is 1. The molecule has 0 aliphatic heterocycles. The molecule has 0 atom stereocenters. The van der Waals surface area contributed by atoms with Crippen molar-refractivity contribution in [1.82, 2.24) is 15.2 Å². The summed E-state index contributed by atoms with van der Waals surface area (Å²) >= 11 is 1.39. The van der Waals surface area contributed by atoms with Crippen LogP contribution in [0.5, 0.6) is 0 Å². The molecule has 5 aromatic rings. The fourth-order valence-corrected chi connectivity index (χ4v) is 4.38. The lowest BCUT2D eigenvalue weighted by Crippen LogP contribution is -2.18. The normalized spacial score (nSPS) is 12.0. The Bertz CT molecular complexity index is 1380. The third kappa shape index (κ3) is 3.19. The highest BCUT2D eigenvalue weighted by molar-refractivity contribution is 7.20. The van der Waals surface area contributed by atoms with E-state index >= 15 is 0 Å². The van der Waals surface area contributed by atoms with Crippen LogP contribution < -0.4 is 5.43 Å². The van der Waals surface area contributed by atoms with Crippen molar-refractivity contribution in [3.8, 4) is 5.69 Å². The second kappa shape index (κ2) is 7.27. The average molecular weight is 414 g/mol. The van der Waals surface area contributed by atoms with Gasteiger partial charge in [0.15, 0.2) is 5.76 Å². The number of para-hydroxylation sites is 2. The first kappa shape index (κ1) is 18.3. The van der Waals surface area contributed by atoms with Gasteiger partial charge in [-0.2, -0.15) is 10.2 Å². The number of aryl methyl sites for hydroxylation is 1. The molecular weight excluding hydrogens is 396 g/mol. The Hall–Kier alpha value is -3.71. The van der Waals surface area contributed by atoms with Gasteiger partial charge in [-0.1, -0.05) is 36.4 Å². The van der Waals surface area contributed by atoms with Crippen molar-refractivity contribution in [2.24, 2.45) is 5.10 Å². The highest BCUT2D eigenvalue weighted by Crippen LogP contribution is 2.30. The summed E-state index contributed by atoms with van der Waals surface area (Å²) < 4.78 is 7.66. The molecule has 0 aliphatic carbocycles. The van der Waals surface area contributed by atoms with Crippen LogP contribution in [-0.4, -0.2) is 21.4 Å². The van der Waals surface area contributed by atoms with E-state index in [4.69, 9.17) is 4.42 Å². The van der Waals surface area contributed by atoms with Gasteiger partial charge in [0.1, 0.15) is 16.1 Å². The van der Waals surface area contributed by atoms with Crippen molar-refractivity contribution in [1.29, 1.82) is 0 Å². The van der Waals surface area contributed by atoms with Gasteiger partial charge in [0.25, 0.3) is 5.91 Å². The number of hydrazone groups is 1. The summed E-state index contributed by atoms with van der Waals surface area (Å²) in [5.74, 6) is 0.370. The van der Waals surface area contributed by atoms with Crippen molar-refractivity contribution in [3.05, 3.63) is 83.1 Å². The number of aromatic nitrogens is 2. The molecule has 1 N–H and O–H groups in total. The molecule has 0 saturated heterocycles. The summed E-state index contributed by atoms with van der Waals surface area (Å²) in [5, 5.41) is 10.8. The molecule has 2 aromatic carbocycles. The highest BCUT2D eigenvalue weighted by atomic mass is 32.1. The SMILES string of the molecule is C/C(=N/NC(=O)c1cc2c(C)nn(-c3ccccc3)c2s1)c1cc2ccccc2o1. The topological polar surface area (TPSA) is 72.4 Å². The number of nitrogens with zero attached hydrogens (tertiary/aromatic N) is 3. The Labute approximate surface area is 176 Å². The molecule has 0 saturated carbocycles. The van der Waals surface area contributed by atoms with E-state index in [2.05, 4.69) is 15.6 Å². The first-order chi connectivity index (χ1) is 14.6. The number of benzene rings is 2. The second-order valence-electron chi connectivity index (χ2n) is 6.95. The summed E-state index contributed by atoms with van der Waals surface area (Å²) in [6.45, 7) is 3.75. The number of furan rings is 1. The Morgan fingerprint density at radius 2 is 1.87 bits per heavy atom. The van der Waals surface area contributed by atoms with Gasteiger partial charge in [0.2, 0.25) is 0 Å². The number of fused-ring (bicyclic) bond motifs is 2. The fourth-order valence-electron chi connectivity index (χ4n) is 3.31.